The summed E-state index contributed by atoms with van der Waals surface area (Å²) in [5, 5.41) is 2.76. The summed E-state index contributed by atoms with van der Waals surface area (Å²) in [5.74, 6) is 0. The van der Waals surface area contributed by atoms with Crippen LogP contribution in [0, 0.1) is 6.92 Å². The lowest BCUT2D eigenvalue weighted by Crippen LogP contribution is -2.33. The first-order valence-corrected chi connectivity index (χ1v) is 4.46. The largest absolute Gasteiger partial charge is 0.334 e. The third-order valence-electron chi connectivity index (χ3n) is 1.82. The highest BCUT2D eigenvalue weighted by Crippen LogP contribution is 1.98. The zero-order valence-electron chi connectivity index (χ0n) is 8.74. The van der Waals surface area contributed by atoms with Gasteiger partial charge in [0.15, 0.2) is 0 Å². The van der Waals surface area contributed by atoms with Gasteiger partial charge in [-0.15, -0.1) is 0 Å². The molecule has 0 spiro atoms. The summed E-state index contributed by atoms with van der Waals surface area (Å²) in [6.07, 6.45) is 1.77. The van der Waals surface area contributed by atoms with E-state index in [0.29, 0.717) is 6.54 Å². The van der Waals surface area contributed by atoms with Crippen LogP contribution in [0.2, 0.25) is 0 Å². The van der Waals surface area contributed by atoms with Crippen LogP contribution in [0.3, 0.4) is 0 Å². The van der Waals surface area contributed by atoms with Gasteiger partial charge >= 0.3 is 6.03 Å². The van der Waals surface area contributed by atoms with Crippen molar-refractivity contribution in [1.82, 2.24) is 15.2 Å². The molecule has 76 valence electrons. The Bertz CT molecular complexity index is 306. The van der Waals surface area contributed by atoms with E-state index in [-0.39, 0.29) is 6.03 Å². The second kappa shape index (κ2) is 4.60. The Morgan fingerprint density at radius 2 is 2.21 bits per heavy atom. The topological polar surface area (TPSA) is 45.2 Å². The number of amides is 2. The lowest BCUT2D eigenvalue weighted by molar-refractivity contribution is 0.217. The van der Waals surface area contributed by atoms with E-state index in [2.05, 4.69) is 10.3 Å². The Labute approximate surface area is 83.9 Å². The summed E-state index contributed by atoms with van der Waals surface area (Å²) in [7, 11) is 3.42. The molecule has 0 atom stereocenters. The van der Waals surface area contributed by atoms with Crippen molar-refractivity contribution in [2.75, 3.05) is 14.1 Å². The molecule has 1 aromatic heterocycles. The van der Waals surface area contributed by atoms with Gasteiger partial charge in [-0.2, -0.15) is 0 Å². The van der Waals surface area contributed by atoms with Crippen LogP contribution in [-0.2, 0) is 6.54 Å². The number of carbonyl (C=O) groups is 1. The Hall–Kier alpha value is -1.58. The Morgan fingerprint density at radius 3 is 2.71 bits per heavy atom. The van der Waals surface area contributed by atoms with Gasteiger partial charge in [-0.1, -0.05) is 6.07 Å². The van der Waals surface area contributed by atoms with Crippen LogP contribution < -0.4 is 5.32 Å². The highest BCUT2D eigenvalue weighted by atomic mass is 16.2. The van der Waals surface area contributed by atoms with Crippen LogP contribution in [-0.4, -0.2) is 30.0 Å². The molecule has 0 aliphatic carbocycles. The molecule has 0 aliphatic rings. The van der Waals surface area contributed by atoms with Gasteiger partial charge in [0.1, 0.15) is 0 Å². The first-order valence-electron chi connectivity index (χ1n) is 4.46. The highest BCUT2D eigenvalue weighted by molar-refractivity contribution is 5.73. The van der Waals surface area contributed by atoms with Crippen molar-refractivity contribution in [1.29, 1.82) is 0 Å². The molecule has 1 aromatic rings. The third kappa shape index (κ3) is 3.05. The van der Waals surface area contributed by atoms with Crippen LogP contribution in [0.5, 0.6) is 0 Å². The van der Waals surface area contributed by atoms with E-state index >= 15 is 0 Å². The monoisotopic (exact) mass is 193 g/mol. The van der Waals surface area contributed by atoms with Crippen LogP contribution in [0.25, 0.3) is 0 Å². The number of urea groups is 1. The fourth-order valence-corrected chi connectivity index (χ4v) is 0.939. The maximum absolute atomic E-state index is 11.2. The van der Waals surface area contributed by atoms with Gasteiger partial charge in [0.05, 0.1) is 0 Å². The summed E-state index contributed by atoms with van der Waals surface area (Å²) in [6.45, 7) is 2.45. The van der Waals surface area contributed by atoms with Crippen molar-refractivity contribution < 1.29 is 4.79 Å². The van der Waals surface area contributed by atoms with Crippen molar-refractivity contribution in [3.05, 3.63) is 29.6 Å². The lowest BCUT2D eigenvalue weighted by atomic mass is 10.2. The molecule has 0 aromatic carbocycles. The molecule has 1 heterocycles. The number of aryl methyl sites for hydroxylation is 1. The summed E-state index contributed by atoms with van der Waals surface area (Å²) in [6, 6.07) is 3.79. The molecule has 0 radical (unpaired) electrons. The van der Waals surface area contributed by atoms with Gasteiger partial charge in [0, 0.05) is 32.5 Å². The summed E-state index contributed by atoms with van der Waals surface area (Å²) >= 11 is 0. The van der Waals surface area contributed by atoms with Crippen molar-refractivity contribution in [3.8, 4) is 0 Å². The number of pyridine rings is 1. The average molecular weight is 193 g/mol. The van der Waals surface area contributed by atoms with E-state index in [1.807, 2.05) is 19.1 Å². The molecule has 4 heteroatoms. The van der Waals surface area contributed by atoms with Gasteiger partial charge in [0.2, 0.25) is 0 Å². The zero-order valence-corrected chi connectivity index (χ0v) is 8.74. The number of carbonyl (C=O) groups excluding carboxylic acids is 1. The third-order valence-corrected chi connectivity index (χ3v) is 1.82. The number of hydrogen-bond donors (Lipinski definition) is 1. The number of aromatic nitrogens is 1. The van der Waals surface area contributed by atoms with E-state index in [9.17, 15) is 4.79 Å². The highest BCUT2D eigenvalue weighted by Gasteiger charge is 2.01. The fraction of sp³-hybridized carbons (Fsp3) is 0.400. The second-order valence-corrected chi connectivity index (χ2v) is 3.36. The van der Waals surface area contributed by atoms with E-state index in [4.69, 9.17) is 0 Å². The van der Waals surface area contributed by atoms with Gasteiger partial charge in [0.25, 0.3) is 0 Å². The zero-order chi connectivity index (χ0) is 10.6. The van der Waals surface area contributed by atoms with E-state index in [1.165, 1.54) is 4.90 Å². The number of hydrogen-bond acceptors (Lipinski definition) is 2. The summed E-state index contributed by atoms with van der Waals surface area (Å²) in [4.78, 5) is 16.8. The normalized spacial score (nSPS) is 9.64. The Balaban J connectivity index is 2.46. The van der Waals surface area contributed by atoms with E-state index in [0.717, 1.165) is 11.3 Å². The molecule has 0 fully saturated rings. The minimum atomic E-state index is -0.0921. The molecule has 4 nitrogen and oxygen atoms in total. The van der Waals surface area contributed by atoms with Crippen LogP contribution in [0.1, 0.15) is 11.3 Å². The minimum Gasteiger partial charge on any atom is -0.334 e. The maximum atomic E-state index is 11.2. The van der Waals surface area contributed by atoms with Gasteiger partial charge < -0.3 is 10.2 Å². The second-order valence-electron chi connectivity index (χ2n) is 3.36. The maximum Gasteiger partial charge on any atom is 0.317 e. The molecule has 0 bridgehead atoms. The SMILES string of the molecule is Cc1ccc(CNC(=O)N(C)C)cn1. The molecular weight excluding hydrogens is 178 g/mol. The quantitative estimate of drug-likeness (QED) is 0.766. The number of nitrogens with one attached hydrogen (secondary N) is 1. The molecule has 14 heavy (non-hydrogen) atoms. The molecule has 1 N–H and O–H groups in total. The minimum absolute atomic E-state index is 0.0921. The molecule has 0 unspecified atom stereocenters. The first kappa shape index (κ1) is 10.5. The van der Waals surface area contributed by atoms with E-state index < -0.39 is 0 Å². The van der Waals surface area contributed by atoms with Crippen molar-refractivity contribution in [2.45, 2.75) is 13.5 Å². The van der Waals surface area contributed by atoms with E-state index in [1.54, 1.807) is 20.3 Å². The van der Waals surface area contributed by atoms with Gasteiger partial charge in [-0.3, -0.25) is 4.98 Å². The fourth-order valence-electron chi connectivity index (χ4n) is 0.939. The summed E-state index contributed by atoms with van der Waals surface area (Å²) in [5.41, 5.74) is 1.98. The number of nitrogens with zero attached hydrogens (tertiary/aromatic N) is 2. The Kier molecular flexibility index (Phi) is 3.45. The predicted octanol–water partition coefficient (Wildman–Crippen LogP) is 1.16. The van der Waals surface area contributed by atoms with Crippen LogP contribution in [0.4, 0.5) is 4.79 Å². The molecule has 0 saturated carbocycles. The smallest absolute Gasteiger partial charge is 0.317 e. The number of rotatable bonds is 2. The van der Waals surface area contributed by atoms with Crippen molar-refractivity contribution in [2.24, 2.45) is 0 Å². The predicted molar refractivity (Wildman–Crippen MR) is 54.9 cm³/mol. The molecule has 0 aliphatic heterocycles. The van der Waals surface area contributed by atoms with Crippen LogP contribution >= 0.6 is 0 Å². The standard InChI is InChI=1S/C10H15N3O/c1-8-4-5-9(6-11-8)7-12-10(14)13(2)3/h4-6H,7H2,1-3H3,(H,12,14). The summed E-state index contributed by atoms with van der Waals surface area (Å²) < 4.78 is 0. The molecule has 1 rings (SSSR count). The average Bonchev–Trinajstić information content (AvgIpc) is 2.16. The van der Waals surface area contributed by atoms with Gasteiger partial charge in [-0.25, -0.2) is 4.79 Å². The van der Waals surface area contributed by atoms with Crippen molar-refractivity contribution >= 4 is 6.03 Å². The van der Waals surface area contributed by atoms with Crippen LogP contribution in [0.15, 0.2) is 18.3 Å². The molecule has 0 saturated heterocycles. The van der Waals surface area contributed by atoms with Gasteiger partial charge in [-0.05, 0) is 18.6 Å². The molecule has 2 amide bonds. The Morgan fingerprint density at radius 1 is 1.50 bits per heavy atom. The molecular formula is C10H15N3O. The lowest BCUT2D eigenvalue weighted by Gasteiger charge is -2.11. The van der Waals surface area contributed by atoms with Crippen molar-refractivity contribution in [3.63, 3.8) is 0 Å². The first-order chi connectivity index (χ1) is 6.59.